The number of carbonyl (C=O) groups excluding carboxylic acids is 1. The van der Waals surface area contributed by atoms with Gasteiger partial charge in [-0.3, -0.25) is 9.69 Å². The molecule has 3 nitrogen and oxygen atoms in total. The number of rotatable bonds is 5. The smallest absolute Gasteiger partial charge is 0.223 e. The molecule has 0 spiro atoms. The van der Waals surface area contributed by atoms with Crippen molar-refractivity contribution in [1.82, 2.24) is 10.2 Å². The molecule has 1 aliphatic carbocycles. The van der Waals surface area contributed by atoms with E-state index in [0.717, 1.165) is 13.0 Å². The number of carbonyl (C=O) groups is 1. The van der Waals surface area contributed by atoms with Gasteiger partial charge in [-0.15, -0.1) is 0 Å². The fourth-order valence-corrected chi connectivity index (χ4v) is 3.07. The lowest BCUT2D eigenvalue weighted by molar-refractivity contribution is -0.122. The van der Waals surface area contributed by atoms with Gasteiger partial charge in [0.2, 0.25) is 5.91 Å². The van der Waals surface area contributed by atoms with Gasteiger partial charge in [0.1, 0.15) is 0 Å². The molecule has 0 unspecified atom stereocenters. The van der Waals surface area contributed by atoms with Gasteiger partial charge in [0.15, 0.2) is 0 Å². The predicted octanol–water partition coefficient (Wildman–Crippen LogP) is 2.55. The van der Waals surface area contributed by atoms with Crippen LogP contribution in [-0.4, -0.2) is 23.9 Å². The van der Waals surface area contributed by atoms with Crippen LogP contribution in [0.25, 0.3) is 0 Å². The zero-order valence-electron chi connectivity index (χ0n) is 12.3. The minimum atomic E-state index is 0.230. The summed E-state index contributed by atoms with van der Waals surface area (Å²) in [6.07, 6.45) is 3.69. The molecular formula is C17H24N2O. The molecule has 1 amide bonds. The minimum absolute atomic E-state index is 0.230. The minimum Gasteiger partial charge on any atom is -0.352 e. The van der Waals surface area contributed by atoms with Crippen molar-refractivity contribution < 1.29 is 4.79 Å². The van der Waals surface area contributed by atoms with Crippen LogP contribution in [0.1, 0.15) is 37.3 Å². The topological polar surface area (TPSA) is 32.3 Å². The van der Waals surface area contributed by atoms with Crippen molar-refractivity contribution in [3.63, 3.8) is 0 Å². The van der Waals surface area contributed by atoms with Crippen LogP contribution in [0, 0.1) is 11.8 Å². The maximum Gasteiger partial charge on any atom is 0.223 e. The number of hydrogen-bond donors (Lipinski definition) is 1. The Kier molecular flexibility index (Phi) is 4.06. The Morgan fingerprint density at radius 3 is 2.55 bits per heavy atom. The van der Waals surface area contributed by atoms with E-state index in [2.05, 4.69) is 41.4 Å². The van der Waals surface area contributed by atoms with Crippen molar-refractivity contribution in [2.75, 3.05) is 13.1 Å². The molecule has 1 saturated carbocycles. The summed E-state index contributed by atoms with van der Waals surface area (Å²) in [5, 5.41) is 3.10. The fourth-order valence-electron chi connectivity index (χ4n) is 3.07. The van der Waals surface area contributed by atoms with E-state index < -0.39 is 0 Å². The molecule has 2 atom stereocenters. The first kappa shape index (κ1) is 13.6. The van der Waals surface area contributed by atoms with Crippen molar-refractivity contribution in [2.24, 2.45) is 11.8 Å². The van der Waals surface area contributed by atoms with Gasteiger partial charge in [-0.05, 0) is 49.4 Å². The molecule has 2 aliphatic rings. The largest absolute Gasteiger partial charge is 0.352 e. The number of benzene rings is 1. The Labute approximate surface area is 121 Å². The van der Waals surface area contributed by atoms with Crippen LogP contribution in [0.4, 0.5) is 0 Å². The molecule has 3 heteroatoms. The Morgan fingerprint density at radius 1 is 1.25 bits per heavy atom. The van der Waals surface area contributed by atoms with Crippen LogP contribution in [0.3, 0.4) is 0 Å². The third kappa shape index (κ3) is 3.21. The SMILES string of the molecule is C[C@@H]1C[C@@H]1C(=O)NCc1ccccc1CN1CCCC1. The molecule has 0 bridgehead atoms. The lowest BCUT2D eigenvalue weighted by Crippen LogP contribution is -2.26. The lowest BCUT2D eigenvalue weighted by atomic mass is 10.1. The van der Waals surface area contributed by atoms with Crippen molar-refractivity contribution >= 4 is 5.91 Å². The van der Waals surface area contributed by atoms with E-state index in [1.807, 2.05) is 0 Å². The summed E-state index contributed by atoms with van der Waals surface area (Å²) in [5.74, 6) is 1.07. The van der Waals surface area contributed by atoms with Crippen molar-refractivity contribution in [2.45, 2.75) is 39.3 Å². The van der Waals surface area contributed by atoms with Crippen LogP contribution in [0.5, 0.6) is 0 Å². The van der Waals surface area contributed by atoms with E-state index in [9.17, 15) is 4.79 Å². The summed E-state index contributed by atoms with van der Waals surface area (Å²) in [6, 6.07) is 8.50. The van der Waals surface area contributed by atoms with E-state index in [0.29, 0.717) is 12.5 Å². The Morgan fingerprint density at radius 2 is 1.90 bits per heavy atom. The zero-order valence-corrected chi connectivity index (χ0v) is 12.3. The summed E-state index contributed by atoms with van der Waals surface area (Å²) < 4.78 is 0. The average molecular weight is 272 g/mol. The molecule has 1 saturated heterocycles. The second kappa shape index (κ2) is 5.96. The molecule has 0 radical (unpaired) electrons. The molecule has 1 N–H and O–H groups in total. The molecule has 1 heterocycles. The molecular weight excluding hydrogens is 248 g/mol. The van der Waals surface area contributed by atoms with Gasteiger partial charge in [0.25, 0.3) is 0 Å². The summed E-state index contributed by atoms with van der Waals surface area (Å²) >= 11 is 0. The second-order valence-electron chi connectivity index (χ2n) is 6.29. The van der Waals surface area contributed by atoms with Crippen LogP contribution in [0.2, 0.25) is 0 Å². The number of hydrogen-bond acceptors (Lipinski definition) is 2. The van der Waals surface area contributed by atoms with E-state index >= 15 is 0 Å². The number of likely N-dealkylation sites (tertiary alicyclic amines) is 1. The monoisotopic (exact) mass is 272 g/mol. The first-order chi connectivity index (χ1) is 9.74. The van der Waals surface area contributed by atoms with Crippen LogP contribution in [0.15, 0.2) is 24.3 Å². The maximum absolute atomic E-state index is 11.9. The lowest BCUT2D eigenvalue weighted by Gasteiger charge is -2.17. The van der Waals surface area contributed by atoms with Crippen molar-refractivity contribution in [3.8, 4) is 0 Å². The summed E-state index contributed by atoms with van der Waals surface area (Å²) in [7, 11) is 0. The van der Waals surface area contributed by atoms with Gasteiger partial charge in [-0.25, -0.2) is 0 Å². The highest BCUT2D eigenvalue weighted by Crippen LogP contribution is 2.37. The van der Waals surface area contributed by atoms with Crippen LogP contribution in [-0.2, 0) is 17.9 Å². The highest BCUT2D eigenvalue weighted by molar-refractivity contribution is 5.81. The average Bonchev–Trinajstić information content (AvgIpc) is 2.97. The first-order valence-electron chi connectivity index (χ1n) is 7.81. The van der Waals surface area contributed by atoms with Gasteiger partial charge < -0.3 is 5.32 Å². The van der Waals surface area contributed by atoms with Gasteiger partial charge >= 0.3 is 0 Å². The molecule has 1 aromatic rings. The predicted molar refractivity (Wildman–Crippen MR) is 80.1 cm³/mol. The number of amides is 1. The van der Waals surface area contributed by atoms with Crippen LogP contribution >= 0.6 is 0 Å². The molecule has 20 heavy (non-hydrogen) atoms. The molecule has 3 rings (SSSR count). The van der Waals surface area contributed by atoms with E-state index in [1.165, 1.54) is 37.1 Å². The third-order valence-electron chi connectivity index (χ3n) is 4.61. The Hall–Kier alpha value is -1.35. The summed E-state index contributed by atoms with van der Waals surface area (Å²) in [4.78, 5) is 14.4. The number of nitrogens with one attached hydrogen (secondary N) is 1. The van der Waals surface area contributed by atoms with E-state index in [-0.39, 0.29) is 11.8 Å². The summed E-state index contributed by atoms with van der Waals surface area (Å²) in [6.45, 7) is 6.25. The second-order valence-corrected chi connectivity index (χ2v) is 6.29. The highest BCUT2D eigenvalue weighted by Gasteiger charge is 2.38. The normalized spacial score (nSPS) is 25.6. The molecule has 108 valence electrons. The fraction of sp³-hybridized carbons (Fsp3) is 0.588. The van der Waals surface area contributed by atoms with Gasteiger partial charge in [-0.1, -0.05) is 31.2 Å². The first-order valence-corrected chi connectivity index (χ1v) is 7.81. The van der Waals surface area contributed by atoms with Gasteiger partial charge in [-0.2, -0.15) is 0 Å². The summed E-state index contributed by atoms with van der Waals surface area (Å²) in [5.41, 5.74) is 2.62. The van der Waals surface area contributed by atoms with Gasteiger partial charge in [0, 0.05) is 19.0 Å². The standard InChI is InChI=1S/C17H24N2O/c1-13-10-16(13)17(20)18-11-14-6-2-3-7-15(14)12-19-8-4-5-9-19/h2-3,6-7,13,16H,4-5,8-12H2,1H3,(H,18,20)/t13-,16+/m1/s1. The van der Waals surface area contributed by atoms with E-state index in [4.69, 9.17) is 0 Å². The zero-order chi connectivity index (χ0) is 13.9. The Balaban J connectivity index is 1.58. The van der Waals surface area contributed by atoms with Gasteiger partial charge in [0.05, 0.1) is 0 Å². The quantitative estimate of drug-likeness (QED) is 0.893. The van der Waals surface area contributed by atoms with Crippen molar-refractivity contribution in [1.29, 1.82) is 0 Å². The molecule has 0 aromatic heterocycles. The van der Waals surface area contributed by atoms with Crippen LogP contribution < -0.4 is 5.32 Å². The maximum atomic E-state index is 11.9. The third-order valence-corrected chi connectivity index (χ3v) is 4.61. The molecule has 1 aromatic carbocycles. The molecule has 2 fully saturated rings. The highest BCUT2D eigenvalue weighted by atomic mass is 16.2. The number of nitrogens with zero attached hydrogens (tertiary/aromatic N) is 1. The molecule has 1 aliphatic heterocycles. The van der Waals surface area contributed by atoms with E-state index in [1.54, 1.807) is 0 Å². The van der Waals surface area contributed by atoms with Crippen molar-refractivity contribution in [3.05, 3.63) is 35.4 Å². The Bertz CT molecular complexity index is 480.